The first-order valence-electron chi connectivity index (χ1n) is 8.96. The van der Waals surface area contributed by atoms with Crippen LogP contribution in [-0.2, 0) is 0 Å². The Morgan fingerprint density at radius 1 is 1.08 bits per heavy atom. The van der Waals surface area contributed by atoms with Crippen LogP contribution in [0.5, 0.6) is 0 Å². The first kappa shape index (κ1) is 17.2. The SMILES string of the molecule is CC(C)C1CCN(C(=O)c2ccc(C#Cc3ccccc3)nc2)CC1. The van der Waals surface area contributed by atoms with Crippen LogP contribution in [0.4, 0.5) is 0 Å². The van der Waals surface area contributed by atoms with Gasteiger partial charge in [-0.3, -0.25) is 4.79 Å². The molecule has 0 aliphatic carbocycles. The highest BCUT2D eigenvalue weighted by Crippen LogP contribution is 2.25. The van der Waals surface area contributed by atoms with Crippen molar-refractivity contribution in [1.29, 1.82) is 0 Å². The largest absolute Gasteiger partial charge is 0.339 e. The van der Waals surface area contributed by atoms with E-state index in [1.54, 1.807) is 6.20 Å². The molecule has 0 spiro atoms. The lowest BCUT2D eigenvalue weighted by Gasteiger charge is -2.33. The number of likely N-dealkylation sites (tertiary alicyclic amines) is 1. The van der Waals surface area contributed by atoms with Crippen LogP contribution in [0.15, 0.2) is 48.7 Å². The van der Waals surface area contributed by atoms with Crippen molar-refractivity contribution < 1.29 is 4.79 Å². The summed E-state index contributed by atoms with van der Waals surface area (Å²) >= 11 is 0. The molecule has 1 fully saturated rings. The van der Waals surface area contributed by atoms with Gasteiger partial charge >= 0.3 is 0 Å². The third-order valence-electron chi connectivity index (χ3n) is 4.89. The van der Waals surface area contributed by atoms with Crippen LogP contribution >= 0.6 is 0 Å². The molecule has 3 heteroatoms. The fourth-order valence-electron chi connectivity index (χ4n) is 3.20. The summed E-state index contributed by atoms with van der Waals surface area (Å²) in [4.78, 5) is 18.9. The Hall–Kier alpha value is -2.60. The van der Waals surface area contributed by atoms with Gasteiger partial charge in [-0.2, -0.15) is 0 Å². The van der Waals surface area contributed by atoms with E-state index in [0.29, 0.717) is 17.2 Å². The van der Waals surface area contributed by atoms with Gasteiger partial charge in [0, 0.05) is 24.8 Å². The van der Waals surface area contributed by atoms with Crippen molar-refractivity contribution in [3.8, 4) is 11.8 Å². The van der Waals surface area contributed by atoms with Crippen LogP contribution in [0.1, 0.15) is 48.3 Å². The fraction of sp³-hybridized carbons (Fsp3) is 0.364. The van der Waals surface area contributed by atoms with Gasteiger partial charge < -0.3 is 4.90 Å². The number of carbonyl (C=O) groups is 1. The lowest BCUT2D eigenvalue weighted by Crippen LogP contribution is -2.39. The van der Waals surface area contributed by atoms with Gasteiger partial charge in [0.1, 0.15) is 5.69 Å². The van der Waals surface area contributed by atoms with Gasteiger partial charge in [0.15, 0.2) is 0 Å². The zero-order chi connectivity index (χ0) is 17.6. The zero-order valence-corrected chi connectivity index (χ0v) is 14.9. The molecule has 0 N–H and O–H groups in total. The van der Waals surface area contributed by atoms with E-state index in [9.17, 15) is 4.79 Å². The Morgan fingerprint density at radius 3 is 2.40 bits per heavy atom. The fourth-order valence-corrected chi connectivity index (χ4v) is 3.20. The van der Waals surface area contributed by atoms with Crippen LogP contribution in [0.3, 0.4) is 0 Å². The van der Waals surface area contributed by atoms with Gasteiger partial charge in [-0.1, -0.05) is 38.0 Å². The van der Waals surface area contributed by atoms with E-state index in [2.05, 4.69) is 30.7 Å². The molecule has 1 aliphatic rings. The Morgan fingerprint density at radius 2 is 1.80 bits per heavy atom. The maximum atomic E-state index is 12.6. The smallest absolute Gasteiger partial charge is 0.255 e. The van der Waals surface area contributed by atoms with Crippen molar-refractivity contribution in [3.63, 3.8) is 0 Å². The number of aromatic nitrogens is 1. The highest BCUT2D eigenvalue weighted by atomic mass is 16.2. The zero-order valence-electron chi connectivity index (χ0n) is 14.9. The number of rotatable bonds is 2. The van der Waals surface area contributed by atoms with Gasteiger partial charge in [-0.15, -0.1) is 0 Å². The third-order valence-corrected chi connectivity index (χ3v) is 4.89. The molecule has 1 aromatic heterocycles. The highest BCUT2D eigenvalue weighted by Gasteiger charge is 2.25. The molecular formula is C22H24N2O. The van der Waals surface area contributed by atoms with E-state index in [0.717, 1.165) is 37.4 Å². The number of carbonyl (C=O) groups excluding carboxylic acids is 1. The van der Waals surface area contributed by atoms with Crippen LogP contribution in [-0.4, -0.2) is 28.9 Å². The molecule has 3 nitrogen and oxygen atoms in total. The van der Waals surface area contributed by atoms with Crippen LogP contribution in [0, 0.1) is 23.7 Å². The predicted octanol–water partition coefficient (Wildman–Crippen LogP) is 3.99. The molecule has 1 aliphatic heterocycles. The maximum absolute atomic E-state index is 12.6. The van der Waals surface area contributed by atoms with Crippen molar-refractivity contribution in [2.24, 2.45) is 11.8 Å². The summed E-state index contributed by atoms with van der Waals surface area (Å²) in [6.07, 6.45) is 3.83. The Labute approximate surface area is 150 Å². The Bertz CT molecular complexity index is 761. The first-order valence-corrected chi connectivity index (χ1v) is 8.96. The number of hydrogen-bond donors (Lipinski definition) is 0. The molecule has 1 aromatic carbocycles. The lowest BCUT2D eigenvalue weighted by atomic mass is 9.86. The summed E-state index contributed by atoms with van der Waals surface area (Å²) in [5.74, 6) is 7.63. The molecule has 0 atom stereocenters. The number of hydrogen-bond acceptors (Lipinski definition) is 2. The second-order valence-corrected chi connectivity index (χ2v) is 6.92. The van der Waals surface area contributed by atoms with Crippen LogP contribution < -0.4 is 0 Å². The topological polar surface area (TPSA) is 33.2 Å². The van der Waals surface area contributed by atoms with E-state index < -0.39 is 0 Å². The van der Waals surface area contributed by atoms with Gasteiger partial charge in [-0.05, 0) is 54.9 Å². The van der Waals surface area contributed by atoms with Crippen molar-refractivity contribution >= 4 is 5.91 Å². The molecule has 3 rings (SSSR count). The number of nitrogens with zero attached hydrogens (tertiary/aromatic N) is 2. The Balaban J connectivity index is 1.63. The number of amides is 1. The van der Waals surface area contributed by atoms with E-state index in [1.165, 1.54) is 0 Å². The number of pyridine rings is 1. The standard InChI is InChI=1S/C22H24N2O/c1-17(2)19-12-14-24(15-13-19)22(25)20-9-11-21(23-16-20)10-8-18-6-4-3-5-7-18/h3-7,9,11,16-17,19H,12-15H2,1-2H3. The lowest BCUT2D eigenvalue weighted by molar-refractivity contribution is 0.0667. The van der Waals surface area contributed by atoms with Crippen LogP contribution in [0.2, 0.25) is 0 Å². The van der Waals surface area contributed by atoms with Gasteiger partial charge in [0.05, 0.1) is 5.56 Å². The molecule has 128 valence electrons. The maximum Gasteiger partial charge on any atom is 0.255 e. The molecule has 25 heavy (non-hydrogen) atoms. The average molecular weight is 332 g/mol. The number of benzene rings is 1. The molecule has 1 saturated heterocycles. The molecule has 0 saturated carbocycles. The summed E-state index contributed by atoms with van der Waals surface area (Å²) in [7, 11) is 0. The third kappa shape index (κ3) is 4.48. The molecule has 2 aromatic rings. The highest BCUT2D eigenvalue weighted by molar-refractivity contribution is 5.94. The average Bonchev–Trinajstić information content (AvgIpc) is 2.67. The van der Waals surface area contributed by atoms with E-state index in [1.807, 2.05) is 47.4 Å². The molecule has 0 radical (unpaired) electrons. The summed E-state index contributed by atoms with van der Waals surface area (Å²) in [6, 6.07) is 13.5. The van der Waals surface area contributed by atoms with Crippen LogP contribution in [0.25, 0.3) is 0 Å². The van der Waals surface area contributed by atoms with Gasteiger partial charge in [0.25, 0.3) is 5.91 Å². The normalized spacial score (nSPS) is 14.9. The van der Waals surface area contributed by atoms with Gasteiger partial charge in [0.2, 0.25) is 0 Å². The summed E-state index contributed by atoms with van der Waals surface area (Å²) < 4.78 is 0. The second kappa shape index (κ2) is 7.98. The quantitative estimate of drug-likeness (QED) is 0.779. The molecule has 2 heterocycles. The summed E-state index contributed by atoms with van der Waals surface area (Å²) in [6.45, 7) is 6.22. The van der Waals surface area contributed by atoms with E-state index in [4.69, 9.17) is 0 Å². The monoisotopic (exact) mass is 332 g/mol. The molecular weight excluding hydrogens is 308 g/mol. The second-order valence-electron chi connectivity index (χ2n) is 6.92. The van der Waals surface area contributed by atoms with Gasteiger partial charge in [-0.25, -0.2) is 4.98 Å². The minimum absolute atomic E-state index is 0.0808. The molecule has 0 unspecified atom stereocenters. The Kier molecular flexibility index (Phi) is 5.50. The van der Waals surface area contributed by atoms with Crippen molar-refractivity contribution in [3.05, 3.63) is 65.5 Å². The first-order chi connectivity index (χ1) is 12.1. The van der Waals surface area contributed by atoms with E-state index in [-0.39, 0.29) is 5.91 Å². The van der Waals surface area contributed by atoms with Crippen molar-refractivity contribution in [2.45, 2.75) is 26.7 Å². The minimum atomic E-state index is 0.0808. The molecule has 1 amide bonds. The number of piperidine rings is 1. The predicted molar refractivity (Wildman–Crippen MR) is 100 cm³/mol. The van der Waals surface area contributed by atoms with E-state index >= 15 is 0 Å². The summed E-state index contributed by atoms with van der Waals surface area (Å²) in [5.41, 5.74) is 2.28. The van der Waals surface area contributed by atoms with Crippen molar-refractivity contribution in [1.82, 2.24) is 9.88 Å². The van der Waals surface area contributed by atoms with Crippen molar-refractivity contribution in [2.75, 3.05) is 13.1 Å². The minimum Gasteiger partial charge on any atom is -0.339 e. The summed E-state index contributed by atoms with van der Waals surface area (Å²) in [5, 5.41) is 0. The molecule has 0 bridgehead atoms.